The minimum Gasteiger partial charge on any atom is -0.480 e. The van der Waals surface area contributed by atoms with Crippen molar-refractivity contribution >= 4 is 18.1 Å². The fourth-order valence-corrected chi connectivity index (χ4v) is 3.47. The Bertz CT molecular complexity index is 1380. The van der Waals surface area contributed by atoms with Gasteiger partial charge in [0.2, 0.25) is 0 Å². The fraction of sp³-hybridized carbons (Fsp3) is 0.360. The molecule has 0 amide bonds. The molecule has 10 nitrogen and oxygen atoms in total. The number of carbonyl (C=O) groups is 1. The molecule has 0 aliphatic carbocycles. The second-order valence-electron chi connectivity index (χ2n) is 8.88. The van der Waals surface area contributed by atoms with Gasteiger partial charge in [0.05, 0.1) is 31.8 Å². The number of aliphatic carboxylic acids is 1. The summed E-state index contributed by atoms with van der Waals surface area (Å²) in [6, 6.07) is 9.23. The van der Waals surface area contributed by atoms with E-state index in [1.165, 1.54) is 4.57 Å². The van der Waals surface area contributed by atoms with Crippen molar-refractivity contribution in [2.75, 3.05) is 26.4 Å². The molecule has 0 spiro atoms. The van der Waals surface area contributed by atoms with E-state index in [1.54, 1.807) is 18.5 Å². The van der Waals surface area contributed by atoms with Crippen LogP contribution in [-0.4, -0.2) is 57.0 Å². The van der Waals surface area contributed by atoms with Crippen molar-refractivity contribution in [1.29, 1.82) is 0 Å². The Balaban J connectivity index is 1.99. The minimum absolute atomic E-state index is 0.105. The van der Waals surface area contributed by atoms with Gasteiger partial charge >= 0.3 is 5.97 Å². The van der Waals surface area contributed by atoms with E-state index in [1.807, 2.05) is 51.1 Å². The van der Waals surface area contributed by atoms with Crippen LogP contribution in [0.5, 0.6) is 0 Å². The molecule has 0 saturated carbocycles. The third-order valence-corrected chi connectivity index (χ3v) is 5.11. The third kappa shape index (κ3) is 7.11. The van der Waals surface area contributed by atoms with Crippen molar-refractivity contribution in [1.82, 2.24) is 19.5 Å². The van der Waals surface area contributed by atoms with Gasteiger partial charge in [0.15, 0.2) is 0 Å². The molecular formula is C25H30N4O6. The number of aromatic amines is 2. The summed E-state index contributed by atoms with van der Waals surface area (Å²) in [5.74, 6) is -1.06. The lowest BCUT2D eigenvalue weighted by Gasteiger charge is -2.17. The van der Waals surface area contributed by atoms with Crippen LogP contribution in [0.25, 0.3) is 12.2 Å². The van der Waals surface area contributed by atoms with E-state index in [9.17, 15) is 14.4 Å². The predicted molar refractivity (Wildman–Crippen MR) is 131 cm³/mol. The Labute approximate surface area is 201 Å². The van der Waals surface area contributed by atoms with Crippen LogP contribution in [0.15, 0.2) is 46.2 Å². The lowest BCUT2D eigenvalue weighted by molar-refractivity contribution is -0.142. The molecule has 35 heavy (non-hydrogen) atoms. The molecule has 2 aromatic heterocycles. The summed E-state index contributed by atoms with van der Waals surface area (Å²) in [6.07, 6.45) is 4.78. The van der Waals surface area contributed by atoms with Crippen molar-refractivity contribution < 1.29 is 19.4 Å². The van der Waals surface area contributed by atoms with E-state index >= 15 is 0 Å². The Kier molecular flexibility index (Phi) is 8.56. The summed E-state index contributed by atoms with van der Waals surface area (Å²) in [4.78, 5) is 47.1. The lowest BCUT2D eigenvalue weighted by atomic mass is 9.90. The number of rotatable bonds is 10. The Hall–Kier alpha value is -3.76. The van der Waals surface area contributed by atoms with Gasteiger partial charge in [0.25, 0.3) is 11.1 Å². The first-order valence-electron chi connectivity index (χ1n) is 11.2. The van der Waals surface area contributed by atoms with Crippen molar-refractivity contribution in [2.24, 2.45) is 0 Å². The van der Waals surface area contributed by atoms with Crippen LogP contribution in [0.1, 0.15) is 37.7 Å². The quantitative estimate of drug-likeness (QED) is 0.354. The van der Waals surface area contributed by atoms with E-state index < -0.39 is 18.1 Å². The maximum atomic E-state index is 13.4. The number of carboxylic acid groups (broad SMARTS) is 1. The number of hydrogen-bond acceptors (Lipinski definition) is 6. The number of benzene rings is 1. The highest BCUT2D eigenvalue weighted by Crippen LogP contribution is 2.22. The molecule has 1 aromatic carbocycles. The van der Waals surface area contributed by atoms with Gasteiger partial charge in [-0.3, -0.25) is 14.2 Å². The second kappa shape index (κ2) is 11.6. The summed E-state index contributed by atoms with van der Waals surface area (Å²) in [5.41, 5.74) is 1.14. The number of carboxylic acids is 1. The van der Waals surface area contributed by atoms with Crippen molar-refractivity contribution in [3.8, 4) is 0 Å². The first-order chi connectivity index (χ1) is 16.7. The third-order valence-electron chi connectivity index (χ3n) is 5.11. The number of nitrogens with zero attached hydrogens (tertiary/aromatic N) is 2. The predicted octanol–water partition coefficient (Wildman–Crippen LogP) is 0.333. The molecule has 0 radical (unpaired) electrons. The largest absolute Gasteiger partial charge is 0.480 e. The molecule has 2 heterocycles. The second-order valence-corrected chi connectivity index (χ2v) is 8.88. The molecule has 0 saturated heterocycles. The molecule has 0 fully saturated rings. The molecular weight excluding hydrogens is 452 g/mol. The Morgan fingerprint density at radius 1 is 1.09 bits per heavy atom. The maximum absolute atomic E-state index is 13.4. The molecule has 0 bridgehead atoms. The minimum atomic E-state index is -1.06. The van der Waals surface area contributed by atoms with Gasteiger partial charge in [-0.15, -0.1) is 0 Å². The summed E-state index contributed by atoms with van der Waals surface area (Å²) in [6.45, 7) is 6.17. The first kappa shape index (κ1) is 25.9. The van der Waals surface area contributed by atoms with Crippen LogP contribution in [0, 0.1) is 0 Å². The zero-order chi connectivity index (χ0) is 25.4. The van der Waals surface area contributed by atoms with E-state index in [0.29, 0.717) is 5.69 Å². The van der Waals surface area contributed by atoms with Gasteiger partial charge < -0.3 is 24.5 Å². The first-order valence-corrected chi connectivity index (χ1v) is 11.2. The number of hydrogen-bond donors (Lipinski definition) is 3. The summed E-state index contributed by atoms with van der Waals surface area (Å²) in [7, 11) is 0. The number of nitrogens with one attached hydrogen (secondary N) is 2. The summed E-state index contributed by atoms with van der Waals surface area (Å²) in [5, 5.41) is 8.91. The zero-order valence-corrected chi connectivity index (χ0v) is 20.0. The molecule has 10 heteroatoms. The molecule has 0 aliphatic rings. The average molecular weight is 483 g/mol. The van der Waals surface area contributed by atoms with E-state index in [2.05, 4.69) is 15.0 Å². The SMILES string of the molecule is CC(C)(C)c1[nH]cnc1/C=c1\[nH]c(=O)/c(=C/c2ccccc2)n(CCOCCOCC(=O)O)c1=O. The Morgan fingerprint density at radius 2 is 1.80 bits per heavy atom. The van der Waals surface area contributed by atoms with E-state index in [0.717, 1.165) is 11.3 Å². The Morgan fingerprint density at radius 3 is 2.49 bits per heavy atom. The molecule has 0 atom stereocenters. The molecule has 3 rings (SSSR count). The number of ether oxygens (including phenoxy) is 2. The van der Waals surface area contributed by atoms with Gasteiger partial charge in [-0.05, 0) is 17.7 Å². The van der Waals surface area contributed by atoms with E-state index in [-0.39, 0.29) is 48.0 Å². The standard InChI is InChI=1S/C25H30N4O6/c1-25(2,3)22-18(26-16-27-22)14-19-24(33)29(9-10-34-11-12-35-15-21(30)31)20(23(32)28-19)13-17-7-5-4-6-8-17/h4-8,13-14,16H,9-12,15H2,1-3H3,(H,26,27)(H,28,32)(H,30,31)/b19-14-,20-13-. The van der Waals surface area contributed by atoms with Gasteiger partial charge in [-0.2, -0.15) is 0 Å². The van der Waals surface area contributed by atoms with E-state index in [4.69, 9.17) is 14.6 Å². The molecule has 3 N–H and O–H groups in total. The van der Waals surface area contributed by atoms with Gasteiger partial charge in [-0.25, -0.2) is 9.78 Å². The topological polar surface area (TPSA) is 139 Å². The molecule has 186 valence electrons. The summed E-state index contributed by atoms with van der Waals surface area (Å²) >= 11 is 0. The van der Waals surface area contributed by atoms with Gasteiger partial charge in [0, 0.05) is 17.7 Å². The molecule has 0 unspecified atom stereocenters. The highest BCUT2D eigenvalue weighted by molar-refractivity contribution is 5.67. The van der Waals surface area contributed by atoms with Crippen molar-refractivity contribution in [3.63, 3.8) is 0 Å². The number of aromatic nitrogens is 4. The number of H-pyrrole nitrogens is 2. The zero-order valence-electron chi connectivity index (χ0n) is 20.0. The fourth-order valence-electron chi connectivity index (χ4n) is 3.47. The number of imidazole rings is 1. The van der Waals surface area contributed by atoms with Crippen molar-refractivity contribution in [3.05, 3.63) is 85.0 Å². The highest BCUT2D eigenvalue weighted by Gasteiger charge is 2.19. The van der Waals surface area contributed by atoms with Gasteiger partial charge in [0.1, 0.15) is 17.3 Å². The average Bonchev–Trinajstić information content (AvgIpc) is 3.27. The van der Waals surface area contributed by atoms with Crippen LogP contribution in [0.2, 0.25) is 0 Å². The van der Waals surface area contributed by atoms with Gasteiger partial charge in [-0.1, -0.05) is 51.1 Å². The monoisotopic (exact) mass is 482 g/mol. The smallest absolute Gasteiger partial charge is 0.329 e. The van der Waals surface area contributed by atoms with Crippen LogP contribution >= 0.6 is 0 Å². The maximum Gasteiger partial charge on any atom is 0.329 e. The summed E-state index contributed by atoms with van der Waals surface area (Å²) < 4.78 is 11.8. The molecule has 0 aliphatic heterocycles. The van der Waals surface area contributed by atoms with Crippen LogP contribution < -0.4 is 21.8 Å². The van der Waals surface area contributed by atoms with Crippen LogP contribution in [-0.2, 0) is 26.2 Å². The molecule has 3 aromatic rings. The van der Waals surface area contributed by atoms with Crippen LogP contribution in [0.4, 0.5) is 0 Å². The normalized spacial score (nSPS) is 12.9. The lowest BCUT2D eigenvalue weighted by Crippen LogP contribution is -2.53. The van der Waals surface area contributed by atoms with Crippen LogP contribution in [0.3, 0.4) is 0 Å². The highest BCUT2D eigenvalue weighted by atomic mass is 16.5. The van der Waals surface area contributed by atoms with Crippen molar-refractivity contribution in [2.45, 2.75) is 32.7 Å².